The molecule has 0 aliphatic heterocycles. The molecule has 0 amide bonds. The van der Waals surface area contributed by atoms with Crippen LogP contribution in [0.4, 0.5) is 0 Å². The Morgan fingerprint density at radius 2 is 0.422 bits per heavy atom. The minimum atomic E-state index is 0.722. The zero-order chi connectivity index (χ0) is 47.2. The molecular weight excluding hydrogens is 751 g/mol. The Bertz CT molecular complexity index is 3350. The second-order valence-electron chi connectivity index (χ2n) is 19.8. The number of aromatic nitrogens is 3. The number of nitrogens with zero attached hydrogens (tertiary/aromatic N) is 3. The van der Waals surface area contributed by atoms with E-state index in [1.165, 1.54) is 158 Å². The molecule has 0 spiro atoms. The number of hydrogen-bond acceptors (Lipinski definition) is 4. The van der Waals surface area contributed by atoms with Crippen molar-refractivity contribution in [2.45, 2.75) is 0 Å². The molecule has 0 saturated heterocycles. The van der Waals surface area contributed by atoms with E-state index in [0.717, 1.165) is 45.3 Å². The summed E-state index contributed by atoms with van der Waals surface area (Å²) >= 11 is 0. The lowest BCUT2D eigenvalue weighted by Crippen LogP contribution is -2.55. The van der Waals surface area contributed by atoms with E-state index in [0.29, 0.717) is 0 Å². The van der Waals surface area contributed by atoms with Crippen molar-refractivity contribution >= 4 is 339 Å². The SMILES string of the molecule is Bc1c(B)c(B)c(-c2nc(-c3c(B)c(B)c(B)c(B)c3B)nc(-c3c(B)c(B)c(B)c(-c4c(B)c(B)c5oc6c7c(B)c(B)c(B)c(B)c7c(B)c(B)c6c5c4B)c3B)n2)c(B)c1B. The number of rotatable bonds is 4. The summed E-state index contributed by atoms with van der Waals surface area (Å²) in [5.41, 5.74) is 37.1. The number of benzene rings is 6. The fraction of sp³-hybridized carbons (Fsp3) is 0. The summed E-state index contributed by atoms with van der Waals surface area (Å²) in [5.74, 6) is 2.19. The highest BCUT2D eigenvalue weighted by Gasteiger charge is 2.29. The van der Waals surface area contributed by atoms with Gasteiger partial charge in [0, 0.05) is 32.8 Å². The average Bonchev–Trinajstić information content (AvgIpc) is 3.67. The monoisotopic (exact) mass is 802 g/mol. The van der Waals surface area contributed by atoms with Crippen molar-refractivity contribution in [2.24, 2.45) is 0 Å². The van der Waals surface area contributed by atoms with Crippen LogP contribution in [0.1, 0.15) is 0 Å². The van der Waals surface area contributed by atoms with Gasteiger partial charge >= 0.3 is 0 Å². The standard InChI is InChI=1S/C37H46B23N3O/c38-10-1(15(43)32(60)34-5(10)6-16(44)12(40)3-4(33(6)64-34)17(45)25(53)24(52)14(3)42)2-11(39)7(18(46)23(51)13(2)41)35-61-36(8-19(47)26(54)30(58)27(55)20(8)48)63-37(62-35)9-21(49)28(56)31(59)29(57)22(9)50/h38-60H2. The summed E-state index contributed by atoms with van der Waals surface area (Å²) in [7, 11) is 52.0. The molecular formula is C37H46B23N3O. The van der Waals surface area contributed by atoms with E-state index < -0.39 is 0 Å². The van der Waals surface area contributed by atoms with Crippen LogP contribution in [-0.4, -0.2) is 195 Å². The van der Waals surface area contributed by atoms with Gasteiger partial charge in [0.1, 0.15) is 192 Å². The van der Waals surface area contributed by atoms with Gasteiger partial charge in [0.15, 0.2) is 17.5 Å². The van der Waals surface area contributed by atoms with Gasteiger partial charge in [-0.15, -0.1) is 49.2 Å². The quantitative estimate of drug-likeness (QED) is 0.166. The van der Waals surface area contributed by atoms with Crippen molar-refractivity contribution in [1.82, 2.24) is 15.0 Å². The highest BCUT2D eigenvalue weighted by molar-refractivity contribution is 6.74. The smallest absolute Gasteiger partial charge is 0.162 e. The van der Waals surface area contributed by atoms with Crippen molar-refractivity contribution in [1.29, 1.82) is 0 Å². The summed E-state index contributed by atoms with van der Waals surface area (Å²) in [6.07, 6.45) is 0. The summed E-state index contributed by atoms with van der Waals surface area (Å²) in [4.78, 5) is 16.6. The highest BCUT2D eigenvalue weighted by atomic mass is 16.3. The zero-order valence-electron chi connectivity index (χ0n) is 43.2. The maximum absolute atomic E-state index is 7.18. The molecule has 8 rings (SSSR count). The highest BCUT2D eigenvalue weighted by Crippen LogP contribution is 2.30. The maximum Gasteiger partial charge on any atom is 0.162 e. The largest absolute Gasteiger partial charge is 0.456 e. The molecule has 27 heteroatoms. The molecule has 0 aliphatic rings. The molecule has 0 atom stereocenters. The van der Waals surface area contributed by atoms with Crippen molar-refractivity contribution in [3.63, 3.8) is 0 Å². The van der Waals surface area contributed by atoms with E-state index in [-0.39, 0.29) is 0 Å². The molecule has 0 unspecified atom stereocenters. The van der Waals surface area contributed by atoms with E-state index >= 15 is 0 Å². The Hall–Kier alpha value is -4.12. The molecule has 64 heavy (non-hydrogen) atoms. The van der Waals surface area contributed by atoms with Gasteiger partial charge in [-0.05, 0) is 16.5 Å². The van der Waals surface area contributed by atoms with Crippen molar-refractivity contribution < 1.29 is 4.42 Å². The molecule has 0 saturated carbocycles. The van der Waals surface area contributed by atoms with Gasteiger partial charge < -0.3 is 4.42 Å². The second-order valence-corrected chi connectivity index (χ2v) is 19.8. The van der Waals surface area contributed by atoms with E-state index in [1.807, 2.05) is 0 Å². The molecule has 2 heterocycles. The third-order valence-corrected chi connectivity index (χ3v) is 17.3. The molecule has 4 nitrogen and oxygen atoms in total. The van der Waals surface area contributed by atoms with Crippen LogP contribution in [0.15, 0.2) is 4.42 Å². The van der Waals surface area contributed by atoms with E-state index in [9.17, 15) is 0 Å². The van der Waals surface area contributed by atoms with Crippen molar-refractivity contribution in [3.8, 4) is 45.3 Å². The summed E-state index contributed by atoms with van der Waals surface area (Å²) in [5, 5.41) is 5.05. The van der Waals surface area contributed by atoms with Crippen LogP contribution in [-0.2, 0) is 0 Å². The predicted octanol–water partition coefficient (Wildman–Crippen LogP) is -30.5. The summed E-state index contributed by atoms with van der Waals surface area (Å²) in [6.45, 7) is 0. The Labute approximate surface area is 401 Å². The molecule has 0 N–H and O–H groups in total. The third-order valence-electron chi connectivity index (χ3n) is 17.3. The number of fused-ring (bicyclic) bond motifs is 5. The lowest BCUT2D eigenvalue weighted by atomic mass is 9.59. The van der Waals surface area contributed by atoms with E-state index in [2.05, 4.69) is 180 Å². The molecule has 0 fully saturated rings. The minimum Gasteiger partial charge on any atom is -0.456 e. The van der Waals surface area contributed by atoms with Crippen LogP contribution in [0.5, 0.6) is 0 Å². The zero-order valence-corrected chi connectivity index (χ0v) is 43.2. The number of hydrogen-bond donors (Lipinski definition) is 0. The fourth-order valence-corrected chi connectivity index (χ4v) is 11.6. The molecule has 2 aromatic heterocycles. The van der Waals surface area contributed by atoms with Gasteiger partial charge in [-0.25, -0.2) is 15.0 Å². The van der Waals surface area contributed by atoms with Crippen molar-refractivity contribution in [3.05, 3.63) is 0 Å². The normalized spacial score (nSPS) is 11.6. The van der Waals surface area contributed by atoms with E-state index in [1.54, 1.807) is 0 Å². The first-order valence-corrected chi connectivity index (χ1v) is 23.2. The van der Waals surface area contributed by atoms with Gasteiger partial charge in [0.2, 0.25) is 0 Å². The third kappa shape index (κ3) is 6.34. The Morgan fingerprint density at radius 1 is 0.188 bits per heavy atom. The topological polar surface area (TPSA) is 51.8 Å². The molecule has 0 bridgehead atoms. The van der Waals surface area contributed by atoms with Gasteiger partial charge in [-0.3, -0.25) is 0 Å². The summed E-state index contributed by atoms with van der Waals surface area (Å²) in [6, 6.07) is 0. The maximum atomic E-state index is 7.18. The summed E-state index contributed by atoms with van der Waals surface area (Å²) < 4.78 is 7.18. The fourth-order valence-electron chi connectivity index (χ4n) is 11.6. The Kier molecular flexibility index (Phi) is 11.6. The average molecular weight is 797 g/mol. The first-order chi connectivity index (χ1) is 29.9. The lowest BCUT2D eigenvalue weighted by Gasteiger charge is -2.26. The van der Waals surface area contributed by atoms with Gasteiger partial charge in [0.25, 0.3) is 0 Å². The van der Waals surface area contributed by atoms with Crippen LogP contribution < -0.4 is 126 Å². The molecule has 0 radical (unpaired) electrons. The Balaban J connectivity index is 1.52. The van der Waals surface area contributed by atoms with E-state index in [4.69, 9.17) is 19.4 Å². The van der Waals surface area contributed by atoms with Gasteiger partial charge in [0.05, 0.1) is 0 Å². The Morgan fingerprint density at radius 3 is 0.844 bits per heavy atom. The number of furan rings is 1. The van der Waals surface area contributed by atoms with Crippen LogP contribution >= 0.6 is 0 Å². The minimum absolute atomic E-state index is 0.722. The van der Waals surface area contributed by atoms with Gasteiger partial charge in [-0.2, -0.15) is 0 Å². The molecule has 284 valence electrons. The molecule has 8 aromatic rings. The van der Waals surface area contributed by atoms with Crippen molar-refractivity contribution in [2.75, 3.05) is 0 Å². The first-order valence-electron chi connectivity index (χ1n) is 23.2. The van der Waals surface area contributed by atoms with Crippen LogP contribution in [0.3, 0.4) is 0 Å². The molecule has 0 aliphatic carbocycles. The van der Waals surface area contributed by atoms with Gasteiger partial charge in [-0.1, -0.05) is 76.5 Å². The van der Waals surface area contributed by atoms with Crippen LogP contribution in [0.2, 0.25) is 0 Å². The second kappa shape index (κ2) is 16.0. The van der Waals surface area contributed by atoms with Crippen LogP contribution in [0.25, 0.3) is 78.0 Å². The predicted molar refractivity (Wildman–Crippen MR) is 354 cm³/mol. The van der Waals surface area contributed by atoms with Crippen LogP contribution in [0, 0.1) is 0 Å². The molecule has 6 aromatic carbocycles. The first kappa shape index (κ1) is 46.4. The lowest BCUT2D eigenvalue weighted by molar-refractivity contribution is 0.676.